The quantitative estimate of drug-likeness (QED) is 0.738. The summed E-state index contributed by atoms with van der Waals surface area (Å²) < 4.78 is 1.99. The summed E-state index contributed by atoms with van der Waals surface area (Å²) >= 11 is 0. The van der Waals surface area contributed by atoms with Gasteiger partial charge >= 0.3 is 0 Å². The molecule has 0 spiro atoms. The second-order valence-corrected chi connectivity index (χ2v) is 5.50. The van der Waals surface area contributed by atoms with E-state index < -0.39 is 0 Å². The van der Waals surface area contributed by atoms with Crippen molar-refractivity contribution in [3.8, 4) is 28.1 Å². The summed E-state index contributed by atoms with van der Waals surface area (Å²) in [7, 11) is 2.01. The van der Waals surface area contributed by atoms with Crippen molar-refractivity contribution in [3.05, 3.63) is 59.8 Å². The van der Waals surface area contributed by atoms with Gasteiger partial charge in [0.25, 0.3) is 0 Å². The van der Waals surface area contributed by atoms with Crippen LogP contribution < -0.4 is 0 Å². The van der Waals surface area contributed by atoms with Crippen LogP contribution in [-0.4, -0.2) is 14.9 Å². The van der Waals surface area contributed by atoms with Crippen molar-refractivity contribution in [1.29, 1.82) is 0 Å². The van der Waals surface area contributed by atoms with Gasteiger partial charge in [0, 0.05) is 23.9 Å². The third kappa shape index (κ3) is 1.85. The average Bonchev–Trinajstić information content (AvgIpc) is 2.86. The predicted molar refractivity (Wildman–Crippen MR) is 83.2 cm³/mol. The fourth-order valence-corrected chi connectivity index (χ4v) is 3.19. The van der Waals surface area contributed by atoms with Crippen LogP contribution in [0.5, 0.6) is 5.75 Å². The van der Waals surface area contributed by atoms with Gasteiger partial charge in [-0.1, -0.05) is 24.3 Å². The van der Waals surface area contributed by atoms with Gasteiger partial charge < -0.3 is 5.11 Å². The number of nitrogens with zero attached hydrogens (tertiary/aromatic N) is 2. The Bertz CT molecular complexity index is 816. The third-order valence-electron chi connectivity index (χ3n) is 4.22. The zero-order valence-electron chi connectivity index (χ0n) is 11.9. The molecule has 2 aromatic carbocycles. The molecule has 0 saturated heterocycles. The fourth-order valence-electron chi connectivity index (χ4n) is 3.19. The molecule has 3 heteroatoms. The van der Waals surface area contributed by atoms with Gasteiger partial charge in [0.05, 0.1) is 0 Å². The summed E-state index contributed by atoms with van der Waals surface area (Å²) in [5.41, 5.74) is 7.25. The van der Waals surface area contributed by atoms with Crippen LogP contribution >= 0.6 is 0 Å². The highest BCUT2D eigenvalue weighted by molar-refractivity contribution is 5.85. The van der Waals surface area contributed by atoms with Crippen molar-refractivity contribution in [1.82, 2.24) is 9.78 Å². The van der Waals surface area contributed by atoms with Gasteiger partial charge in [-0.25, -0.2) is 0 Å². The van der Waals surface area contributed by atoms with Gasteiger partial charge in [0.2, 0.25) is 0 Å². The summed E-state index contributed by atoms with van der Waals surface area (Å²) in [5.74, 6) is 0.281. The molecule has 1 heterocycles. The Hall–Kier alpha value is -2.55. The maximum absolute atomic E-state index is 9.48. The van der Waals surface area contributed by atoms with Gasteiger partial charge in [-0.2, -0.15) is 5.10 Å². The second kappa shape index (κ2) is 4.48. The van der Waals surface area contributed by atoms with Crippen molar-refractivity contribution in [3.63, 3.8) is 0 Å². The zero-order valence-corrected chi connectivity index (χ0v) is 11.9. The van der Waals surface area contributed by atoms with Crippen LogP contribution in [0.1, 0.15) is 11.3 Å². The molecule has 1 aliphatic rings. The van der Waals surface area contributed by atoms with Crippen molar-refractivity contribution in [2.45, 2.75) is 12.8 Å². The van der Waals surface area contributed by atoms with E-state index in [1.54, 1.807) is 12.1 Å². The Morgan fingerprint density at radius 3 is 2.57 bits per heavy atom. The molecular weight excluding hydrogens is 260 g/mol. The largest absolute Gasteiger partial charge is 0.508 e. The molecule has 1 aromatic heterocycles. The van der Waals surface area contributed by atoms with Crippen LogP contribution in [0, 0.1) is 0 Å². The molecule has 1 aliphatic carbocycles. The highest BCUT2D eigenvalue weighted by Crippen LogP contribution is 2.40. The molecule has 0 radical (unpaired) electrons. The van der Waals surface area contributed by atoms with Crippen LogP contribution in [0.4, 0.5) is 0 Å². The maximum atomic E-state index is 9.48. The van der Waals surface area contributed by atoms with Gasteiger partial charge in [-0.15, -0.1) is 0 Å². The number of phenolic OH excluding ortho intramolecular Hbond substituents is 1. The van der Waals surface area contributed by atoms with Crippen molar-refractivity contribution >= 4 is 0 Å². The lowest BCUT2D eigenvalue weighted by Crippen LogP contribution is -2.06. The number of benzene rings is 2. The van der Waals surface area contributed by atoms with E-state index in [4.69, 9.17) is 5.10 Å². The Labute approximate surface area is 123 Å². The fraction of sp³-hybridized carbons (Fsp3) is 0.167. The van der Waals surface area contributed by atoms with Gasteiger partial charge in [0.15, 0.2) is 0 Å². The normalized spacial score (nSPS) is 12.8. The first-order valence-corrected chi connectivity index (χ1v) is 7.17. The smallest absolute Gasteiger partial charge is 0.115 e. The highest BCUT2D eigenvalue weighted by Gasteiger charge is 2.24. The van der Waals surface area contributed by atoms with E-state index in [1.807, 2.05) is 23.9 Å². The van der Waals surface area contributed by atoms with Crippen molar-refractivity contribution in [2.75, 3.05) is 0 Å². The first-order chi connectivity index (χ1) is 10.2. The minimum absolute atomic E-state index is 0.281. The van der Waals surface area contributed by atoms with Crippen molar-refractivity contribution < 1.29 is 5.11 Å². The summed E-state index contributed by atoms with van der Waals surface area (Å²) in [4.78, 5) is 0. The number of aromatic nitrogens is 2. The van der Waals surface area contributed by atoms with Crippen LogP contribution in [0.15, 0.2) is 48.5 Å². The number of hydrogen-bond acceptors (Lipinski definition) is 2. The van der Waals surface area contributed by atoms with E-state index in [1.165, 1.54) is 22.4 Å². The Balaban J connectivity index is 1.98. The van der Waals surface area contributed by atoms with Gasteiger partial charge in [-0.05, 0) is 48.2 Å². The molecule has 0 amide bonds. The number of hydrogen-bond donors (Lipinski definition) is 1. The average molecular weight is 276 g/mol. The SMILES string of the molecule is Cn1nc(-c2ccc(O)cc2)c2c1CCc1ccccc1-2. The lowest BCUT2D eigenvalue weighted by molar-refractivity contribution is 0.475. The predicted octanol–water partition coefficient (Wildman–Crippen LogP) is 3.56. The summed E-state index contributed by atoms with van der Waals surface area (Å²) in [6, 6.07) is 15.8. The molecule has 0 unspecified atom stereocenters. The molecule has 21 heavy (non-hydrogen) atoms. The van der Waals surface area contributed by atoms with Crippen LogP contribution in [0.25, 0.3) is 22.4 Å². The Morgan fingerprint density at radius 2 is 1.76 bits per heavy atom. The molecule has 0 atom stereocenters. The molecule has 0 saturated carbocycles. The van der Waals surface area contributed by atoms with Crippen LogP contribution in [0.3, 0.4) is 0 Å². The van der Waals surface area contributed by atoms with Crippen LogP contribution in [-0.2, 0) is 19.9 Å². The summed E-state index contributed by atoms with van der Waals surface area (Å²) in [5, 5.41) is 14.2. The number of phenols is 1. The van der Waals surface area contributed by atoms with E-state index >= 15 is 0 Å². The Morgan fingerprint density at radius 1 is 1.00 bits per heavy atom. The number of fused-ring (bicyclic) bond motifs is 3. The first-order valence-electron chi connectivity index (χ1n) is 7.17. The van der Waals surface area contributed by atoms with Gasteiger partial charge in [-0.3, -0.25) is 4.68 Å². The standard InChI is InChI=1S/C18H16N2O/c1-20-16-11-8-12-4-2-3-5-15(12)17(16)18(19-20)13-6-9-14(21)10-7-13/h2-7,9-10,21H,8,11H2,1H3. The number of rotatable bonds is 1. The highest BCUT2D eigenvalue weighted by atomic mass is 16.3. The summed E-state index contributed by atoms with van der Waals surface area (Å²) in [6.07, 6.45) is 2.09. The molecule has 104 valence electrons. The molecule has 0 bridgehead atoms. The first kappa shape index (κ1) is 12.2. The maximum Gasteiger partial charge on any atom is 0.115 e. The van der Waals surface area contributed by atoms with Crippen molar-refractivity contribution in [2.24, 2.45) is 7.05 Å². The van der Waals surface area contributed by atoms with E-state index in [0.717, 1.165) is 24.1 Å². The number of aryl methyl sites for hydroxylation is 2. The molecule has 0 aliphatic heterocycles. The molecule has 3 aromatic rings. The van der Waals surface area contributed by atoms with E-state index in [0.29, 0.717) is 0 Å². The lowest BCUT2D eigenvalue weighted by atomic mass is 9.87. The minimum atomic E-state index is 0.281. The number of aromatic hydroxyl groups is 1. The lowest BCUT2D eigenvalue weighted by Gasteiger charge is -2.17. The molecule has 4 rings (SSSR count). The third-order valence-corrected chi connectivity index (χ3v) is 4.22. The topological polar surface area (TPSA) is 38.0 Å². The molecular formula is C18H16N2O. The zero-order chi connectivity index (χ0) is 14.4. The second-order valence-electron chi connectivity index (χ2n) is 5.50. The monoisotopic (exact) mass is 276 g/mol. The Kier molecular flexibility index (Phi) is 2.61. The minimum Gasteiger partial charge on any atom is -0.508 e. The molecule has 3 nitrogen and oxygen atoms in total. The van der Waals surface area contributed by atoms with E-state index in [2.05, 4.69) is 24.3 Å². The summed E-state index contributed by atoms with van der Waals surface area (Å²) in [6.45, 7) is 0. The van der Waals surface area contributed by atoms with Crippen LogP contribution in [0.2, 0.25) is 0 Å². The molecule has 0 fully saturated rings. The molecule has 1 N–H and O–H groups in total. The van der Waals surface area contributed by atoms with Gasteiger partial charge in [0.1, 0.15) is 11.4 Å². The van der Waals surface area contributed by atoms with E-state index in [-0.39, 0.29) is 5.75 Å². The van der Waals surface area contributed by atoms with E-state index in [9.17, 15) is 5.11 Å².